The van der Waals surface area contributed by atoms with Gasteiger partial charge in [-0.1, -0.05) is 6.92 Å². The molecule has 0 aromatic rings. The molecule has 0 radical (unpaired) electrons. The third kappa shape index (κ3) is 4.77. The zero-order valence-corrected chi connectivity index (χ0v) is 12.1. The summed E-state index contributed by atoms with van der Waals surface area (Å²) in [6, 6.07) is 0.196. The first-order valence-corrected chi connectivity index (χ1v) is 7.80. The second-order valence-electron chi connectivity index (χ2n) is 6.34. The molecule has 3 N–H and O–H groups in total. The molecule has 19 heavy (non-hydrogen) atoms. The van der Waals surface area contributed by atoms with Crippen molar-refractivity contribution >= 4 is 5.91 Å². The molecule has 0 aromatic heterocycles. The predicted molar refractivity (Wildman–Crippen MR) is 75.7 cm³/mol. The number of carbonyl (C=O) groups excluding carboxylic acids is 1. The molecule has 1 heterocycles. The molecule has 1 aliphatic carbocycles. The third-order valence-electron chi connectivity index (χ3n) is 4.39. The number of hydrogen-bond acceptors (Lipinski definition) is 3. The topological polar surface area (TPSA) is 64.4 Å². The fourth-order valence-electron chi connectivity index (χ4n) is 3.41. The van der Waals surface area contributed by atoms with Gasteiger partial charge in [0.25, 0.3) is 0 Å². The van der Waals surface area contributed by atoms with Gasteiger partial charge in [0.15, 0.2) is 0 Å². The number of carbonyl (C=O) groups is 1. The SMILES string of the molecule is CC1CC(N)CC(C(=O)NCCC2CCCCO2)C1. The monoisotopic (exact) mass is 268 g/mol. The highest BCUT2D eigenvalue weighted by Gasteiger charge is 2.29. The Kier molecular flexibility index (Phi) is 5.64. The maximum Gasteiger partial charge on any atom is 0.223 e. The van der Waals surface area contributed by atoms with Crippen molar-refractivity contribution in [1.82, 2.24) is 5.32 Å². The number of rotatable bonds is 4. The summed E-state index contributed by atoms with van der Waals surface area (Å²) in [6.45, 7) is 3.81. The van der Waals surface area contributed by atoms with E-state index in [0.29, 0.717) is 12.0 Å². The molecule has 4 heteroatoms. The van der Waals surface area contributed by atoms with Crippen LogP contribution in [0, 0.1) is 11.8 Å². The Bertz CT molecular complexity index is 280. The van der Waals surface area contributed by atoms with Crippen LogP contribution in [0.25, 0.3) is 0 Å². The van der Waals surface area contributed by atoms with Crippen LogP contribution in [0.4, 0.5) is 0 Å². The Labute approximate surface area is 116 Å². The number of amides is 1. The quantitative estimate of drug-likeness (QED) is 0.817. The van der Waals surface area contributed by atoms with E-state index in [1.807, 2.05) is 0 Å². The average molecular weight is 268 g/mol. The van der Waals surface area contributed by atoms with Gasteiger partial charge < -0.3 is 15.8 Å². The van der Waals surface area contributed by atoms with Gasteiger partial charge in [-0.2, -0.15) is 0 Å². The van der Waals surface area contributed by atoms with Crippen LogP contribution in [0.2, 0.25) is 0 Å². The molecular formula is C15H28N2O2. The summed E-state index contributed by atoms with van der Waals surface area (Å²) < 4.78 is 5.67. The van der Waals surface area contributed by atoms with Crippen LogP contribution in [-0.2, 0) is 9.53 Å². The Morgan fingerprint density at radius 3 is 2.84 bits per heavy atom. The Hall–Kier alpha value is -0.610. The van der Waals surface area contributed by atoms with Crippen molar-refractivity contribution in [2.45, 2.75) is 64.0 Å². The van der Waals surface area contributed by atoms with Gasteiger partial charge in [0.2, 0.25) is 5.91 Å². The Morgan fingerprint density at radius 1 is 1.32 bits per heavy atom. The van der Waals surface area contributed by atoms with Crippen molar-refractivity contribution in [3.63, 3.8) is 0 Å². The molecule has 2 rings (SSSR count). The molecule has 4 nitrogen and oxygen atoms in total. The zero-order chi connectivity index (χ0) is 13.7. The van der Waals surface area contributed by atoms with Crippen molar-refractivity contribution < 1.29 is 9.53 Å². The molecule has 0 aromatic carbocycles. The first-order valence-electron chi connectivity index (χ1n) is 7.80. The predicted octanol–water partition coefficient (Wildman–Crippen LogP) is 1.83. The molecule has 1 saturated carbocycles. The first-order chi connectivity index (χ1) is 9.15. The third-order valence-corrected chi connectivity index (χ3v) is 4.39. The van der Waals surface area contributed by atoms with Crippen LogP contribution in [0.15, 0.2) is 0 Å². The van der Waals surface area contributed by atoms with E-state index in [4.69, 9.17) is 10.5 Å². The summed E-state index contributed by atoms with van der Waals surface area (Å²) in [5.74, 6) is 0.880. The maximum absolute atomic E-state index is 12.1. The number of nitrogens with two attached hydrogens (primary N) is 1. The van der Waals surface area contributed by atoms with Crippen molar-refractivity contribution in [3.05, 3.63) is 0 Å². The van der Waals surface area contributed by atoms with E-state index in [-0.39, 0.29) is 17.9 Å². The van der Waals surface area contributed by atoms with E-state index in [9.17, 15) is 4.79 Å². The van der Waals surface area contributed by atoms with E-state index in [2.05, 4.69) is 12.2 Å². The van der Waals surface area contributed by atoms with Crippen LogP contribution in [-0.4, -0.2) is 31.2 Å². The van der Waals surface area contributed by atoms with E-state index < -0.39 is 0 Å². The van der Waals surface area contributed by atoms with Crippen LogP contribution in [0.1, 0.15) is 51.9 Å². The Balaban J connectivity index is 1.65. The fraction of sp³-hybridized carbons (Fsp3) is 0.933. The van der Waals surface area contributed by atoms with Gasteiger partial charge in [-0.25, -0.2) is 0 Å². The molecule has 2 aliphatic rings. The summed E-state index contributed by atoms with van der Waals surface area (Å²) in [6.07, 6.45) is 7.76. The van der Waals surface area contributed by atoms with E-state index in [1.165, 1.54) is 12.8 Å². The minimum absolute atomic E-state index is 0.117. The van der Waals surface area contributed by atoms with Gasteiger partial charge in [-0.15, -0.1) is 0 Å². The number of nitrogens with one attached hydrogen (secondary N) is 1. The van der Waals surface area contributed by atoms with Crippen molar-refractivity contribution in [3.8, 4) is 0 Å². The molecule has 4 atom stereocenters. The second kappa shape index (κ2) is 7.25. The molecule has 110 valence electrons. The number of hydrogen-bond donors (Lipinski definition) is 2. The molecule has 0 spiro atoms. The van der Waals surface area contributed by atoms with Gasteiger partial charge in [-0.05, 0) is 50.9 Å². The fourth-order valence-corrected chi connectivity index (χ4v) is 3.41. The van der Waals surface area contributed by atoms with Crippen LogP contribution < -0.4 is 11.1 Å². The lowest BCUT2D eigenvalue weighted by Gasteiger charge is -2.30. The smallest absolute Gasteiger partial charge is 0.223 e. The molecule has 1 amide bonds. The van der Waals surface area contributed by atoms with Gasteiger partial charge in [0.1, 0.15) is 0 Å². The van der Waals surface area contributed by atoms with E-state index in [1.54, 1.807) is 0 Å². The summed E-state index contributed by atoms with van der Waals surface area (Å²) in [7, 11) is 0. The molecular weight excluding hydrogens is 240 g/mol. The molecule has 1 saturated heterocycles. The highest BCUT2D eigenvalue weighted by Crippen LogP contribution is 2.28. The summed E-state index contributed by atoms with van der Waals surface area (Å²) in [5, 5.41) is 3.07. The molecule has 2 fully saturated rings. The maximum atomic E-state index is 12.1. The van der Waals surface area contributed by atoms with Crippen molar-refractivity contribution in [2.24, 2.45) is 17.6 Å². The van der Waals surface area contributed by atoms with Crippen LogP contribution in [0.3, 0.4) is 0 Å². The van der Waals surface area contributed by atoms with Gasteiger partial charge in [0.05, 0.1) is 6.10 Å². The van der Waals surface area contributed by atoms with Gasteiger partial charge >= 0.3 is 0 Å². The van der Waals surface area contributed by atoms with Crippen LogP contribution in [0.5, 0.6) is 0 Å². The van der Waals surface area contributed by atoms with Gasteiger partial charge in [0, 0.05) is 25.1 Å². The normalized spacial score (nSPS) is 35.9. The van der Waals surface area contributed by atoms with Gasteiger partial charge in [-0.3, -0.25) is 4.79 Å². The summed E-state index contributed by atoms with van der Waals surface area (Å²) in [5.41, 5.74) is 6.00. The largest absolute Gasteiger partial charge is 0.378 e. The lowest BCUT2D eigenvalue weighted by Crippen LogP contribution is -2.41. The van der Waals surface area contributed by atoms with E-state index >= 15 is 0 Å². The minimum atomic E-state index is 0.117. The summed E-state index contributed by atoms with van der Waals surface area (Å²) in [4.78, 5) is 12.1. The highest BCUT2D eigenvalue weighted by molar-refractivity contribution is 5.78. The zero-order valence-electron chi connectivity index (χ0n) is 12.1. The van der Waals surface area contributed by atoms with Crippen molar-refractivity contribution in [2.75, 3.05) is 13.2 Å². The van der Waals surface area contributed by atoms with E-state index in [0.717, 1.165) is 45.3 Å². The molecule has 1 aliphatic heterocycles. The standard InChI is InChI=1S/C15H28N2O2/c1-11-8-12(10-13(16)9-11)15(18)17-6-5-14-4-2-3-7-19-14/h11-14H,2-10,16H2,1H3,(H,17,18). The van der Waals surface area contributed by atoms with Crippen molar-refractivity contribution in [1.29, 1.82) is 0 Å². The lowest BCUT2D eigenvalue weighted by atomic mass is 9.79. The minimum Gasteiger partial charge on any atom is -0.378 e. The van der Waals surface area contributed by atoms with Crippen LogP contribution >= 0.6 is 0 Å². The molecule has 0 bridgehead atoms. The lowest BCUT2D eigenvalue weighted by molar-refractivity contribution is -0.126. The number of ether oxygens (including phenoxy) is 1. The summed E-state index contributed by atoms with van der Waals surface area (Å²) >= 11 is 0. The second-order valence-corrected chi connectivity index (χ2v) is 6.34. The molecule has 4 unspecified atom stereocenters. The Morgan fingerprint density at radius 2 is 2.16 bits per heavy atom. The highest BCUT2D eigenvalue weighted by atomic mass is 16.5. The average Bonchev–Trinajstić information content (AvgIpc) is 2.38. The first kappa shape index (κ1) is 14.8.